The summed E-state index contributed by atoms with van der Waals surface area (Å²) in [6.07, 6.45) is 4.47. The number of ether oxygens (including phenoxy) is 2. The number of hydrogen-bond acceptors (Lipinski definition) is 6. The monoisotopic (exact) mass is 723 g/mol. The molecular formula is C42H53N5O6. The fourth-order valence-corrected chi connectivity index (χ4v) is 7.36. The van der Waals surface area contributed by atoms with Gasteiger partial charge in [-0.05, 0) is 73.9 Å². The lowest BCUT2D eigenvalue weighted by molar-refractivity contribution is -0.139. The number of carbonyl (C=O) groups is 4. The van der Waals surface area contributed by atoms with Crippen molar-refractivity contribution in [2.45, 2.75) is 53.1 Å². The Morgan fingerprint density at radius 3 is 2.38 bits per heavy atom. The van der Waals surface area contributed by atoms with Crippen LogP contribution in [0.3, 0.4) is 0 Å². The van der Waals surface area contributed by atoms with E-state index in [2.05, 4.69) is 52.9 Å². The molecule has 4 amide bonds. The first-order chi connectivity index (χ1) is 25.5. The topological polar surface area (TPSA) is 133 Å². The van der Waals surface area contributed by atoms with Gasteiger partial charge in [-0.2, -0.15) is 0 Å². The molecule has 3 unspecified atom stereocenters. The van der Waals surface area contributed by atoms with Crippen molar-refractivity contribution < 1.29 is 28.7 Å². The summed E-state index contributed by atoms with van der Waals surface area (Å²) < 4.78 is 11.3. The van der Waals surface area contributed by atoms with E-state index in [0.717, 1.165) is 22.0 Å². The van der Waals surface area contributed by atoms with Crippen molar-refractivity contribution in [2.75, 3.05) is 46.9 Å². The number of nitrogens with zero attached hydrogens (tertiary/aromatic N) is 2. The van der Waals surface area contributed by atoms with Gasteiger partial charge in [0, 0.05) is 55.9 Å². The number of rotatable bonds is 11. The number of likely N-dealkylation sites (tertiary alicyclic amines) is 2. The Hall–Kier alpha value is -5.32. The predicted molar refractivity (Wildman–Crippen MR) is 206 cm³/mol. The molecule has 2 saturated heterocycles. The lowest BCUT2D eigenvalue weighted by Crippen LogP contribution is -2.54. The van der Waals surface area contributed by atoms with Gasteiger partial charge in [-0.15, -0.1) is 0 Å². The number of para-hydroxylation sites is 1. The minimum Gasteiger partial charge on any atom is -0.493 e. The highest BCUT2D eigenvalue weighted by molar-refractivity contribution is 5.95. The van der Waals surface area contributed by atoms with Gasteiger partial charge in [0.15, 0.2) is 11.5 Å². The van der Waals surface area contributed by atoms with Crippen molar-refractivity contribution in [3.05, 3.63) is 95.2 Å². The highest BCUT2D eigenvalue weighted by atomic mass is 16.5. The fourth-order valence-electron chi connectivity index (χ4n) is 7.36. The maximum Gasteiger partial charge on any atom is 0.254 e. The second-order valence-corrected chi connectivity index (χ2v) is 14.2. The molecule has 2 aliphatic heterocycles. The summed E-state index contributed by atoms with van der Waals surface area (Å²) in [5.41, 5.74) is 4.91. The highest BCUT2D eigenvalue weighted by Gasteiger charge is 2.48. The summed E-state index contributed by atoms with van der Waals surface area (Å²) in [5, 5.41) is 6.25. The van der Waals surface area contributed by atoms with Crippen molar-refractivity contribution >= 4 is 34.5 Å². The van der Waals surface area contributed by atoms with E-state index in [-0.39, 0.29) is 61.1 Å². The highest BCUT2D eigenvalue weighted by Crippen LogP contribution is 2.37. The van der Waals surface area contributed by atoms with Gasteiger partial charge in [0.2, 0.25) is 17.7 Å². The van der Waals surface area contributed by atoms with Crippen LogP contribution in [-0.4, -0.2) is 91.4 Å². The number of piperidine rings is 1. The normalized spacial score (nSPS) is 17.8. The van der Waals surface area contributed by atoms with Crippen LogP contribution in [-0.2, 0) is 27.2 Å². The zero-order valence-corrected chi connectivity index (χ0v) is 31.7. The third-order valence-electron chi connectivity index (χ3n) is 10.1. The molecule has 3 N–H and O–H groups in total. The molecule has 53 heavy (non-hydrogen) atoms. The average molecular weight is 724 g/mol. The number of hydrogen-bond donors (Lipinski definition) is 3. The van der Waals surface area contributed by atoms with Crippen molar-refractivity contribution in [3.8, 4) is 11.5 Å². The quantitative estimate of drug-likeness (QED) is 0.196. The first kappa shape index (κ1) is 38.9. The van der Waals surface area contributed by atoms with Gasteiger partial charge < -0.3 is 34.9 Å². The van der Waals surface area contributed by atoms with Crippen LogP contribution < -0.4 is 20.1 Å². The number of nitrogens with one attached hydrogen (secondary N) is 3. The molecule has 6 rings (SSSR count). The molecule has 4 aromatic rings. The van der Waals surface area contributed by atoms with Crippen LogP contribution in [0.1, 0.15) is 54.2 Å². The number of likely N-dealkylation sites (N-methyl/N-ethyl adjacent to an activating group) is 1. The van der Waals surface area contributed by atoms with Crippen LogP contribution in [0.15, 0.2) is 72.9 Å². The van der Waals surface area contributed by atoms with Gasteiger partial charge in [-0.3, -0.25) is 19.2 Å². The van der Waals surface area contributed by atoms with E-state index in [1.165, 1.54) is 32.6 Å². The van der Waals surface area contributed by atoms with Crippen LogP contribution in [0, 0.1) is 24.7 Å². The summed E-state index contributed by atoms with van der Waals surface area (Å²) in [5.74, 6) is -0.655. The van der Waals surface area contributed by atoms with Gasteiger partial charge in [0.25, 0.3) is 5.91 Å². The predicted octanol–water partition coefficient (Wildman–Crippen LogP) is 5.16. The molecule has 0 aliphatic carbocycles. The van der Waals surface area contributed by atoms with Gasteiger partial charge in [0.1, 0.15) is 0 Å². The van der Waals surface area contributed by atoms with Gasteiger partial charge in [-0.25, -0.2) is 0 Å². The number of fused-ring (bicyclic) bond motifs is 2. The van der Waals surface area contributed by atoms with Crippen LogP contribution >= 0.6 is 0 Å². The zero-order valence-electron chi connectivity index (χ0n) is 31.7. The summed E-state index contributed by atoms with van der Waals surface area (Å²) in [7, 11) is 3.04. The standard InChI is InChI=1S/C33H41N5O6.C9H12/c1-19(2)44-27-10-9-21(11-28(27)43-5)33(42)38-16-23-15-37(18-26(25(23)17-38)32(41)36-14-29(39)34-4)30(40)12-22-13-35-31-20(3)7-6-8-24(22)31;1-2-6-9-7-4-3-5-8-9/h6-11,13,19,23,25-26,35H,12,14-18H2,1-5H3,(H,34,39)(H,36,41);3-5,7-8H,2,6H2,1H3. The molecule has 2 aliphatic rings. The summed E-state index contributed by atoms with van der Waals surface area (Å²) >= 11 is 0. The molecule has 282 valence electrons. The van der Waals surface area contributed by atoms with E-state index in [0.29, 0.717) is 36.7 Å². The van der Waals surface area contributed by atoms with Crippen LogP contribution in [0.2, 0.25) is 0 Å². The third kappa shape index (κ3) is 9.57. The Morgan fingerprint density at radius 1 is 0.925 bits per heavy atom. The van der Waals surface area contributed by atoms with Crippen molar-refractivity contribution in [1.82, 2.24) is 25.4 Å². The number of aromatic nitrogens is 1. The molecule has 3 aromatic carbocycles. The van der Waals surface area contributed by atoms with E-state index in [1.54, 1.807) is 28.0 Å². The number of aromatic amines is 1. The summed E-state index contributed by atoms with van der Waals surface area (Å²) in [6, 6.07) is 21.7. The molecular weight excluding hydrogens is 670 g/mol. The first-order valence-electron chi connectivity index (χ1n) is 18.5. The van der Waals surface area contributed by atoms with E-state index >= 15 is 0 Å². The third-order valence-corrected chi connectivity index (χ3v) is 10.1. The molecule has 0 saturated carbocycles. The molecule has 2 fully saturated rings. The van der Waals surface area contributed by atoms with Crippen LogP contribution in [0.25, 0.3) is 10.9 Å². The van der Waals surface area contributed by atoms with E-state index in [1.807, 2.05) is 45.2 Å². The number of amides is 4. The lowest BCUT2D eigenvalue weighted by Gasteiger charge is -2.39. The van der Waals surface area contributed by atoms with Crippen LogP contribution in [0.5, 0.6) is 11.5 Å². The van der Waals surface area contributed by atoms with Crippen molar-refractivity contribution in [1.29, 1.82) is 0 Å². The number of benzene rings is 3. The zero-order chi connectivity index (χ0) is 38.1. The fraction of sp³-hybridized carbons (Fsp3) is 0.429. The minimum absolute atomic E-state index is 0.0515. The maximum atomic E-state index is 13.7. The maximum absolute atomic E-state index is 13.7. The van der Waals surface area contributed by atoms with E-state index in [9.17, 15) is 19.2 Å². The van der Waals surface area contributed by atoms with E-state index in [4.69, 9.17) is 9.47 Å². The Balaban J connectivity index is 0.000000526. The van der Waals surface area contributed by atoms with Gasteiger partial charge >= 0.3 is 0 Å². The van der Waals surface area contributed by atoms with Gasteiger partial charge in [-0.1, -0.05) is 61.9 Å². The Morgan fingerprint density at radius 2 is 1.68 bits per heavy atom. The molecule has 0 radical (unpaired) electrons. The molecule has 0 spiro atoms. The second kappa shape index (κ2) is 17.9. The first-order valence-corrected chi connectivity index (χ1v) is 18.5. The number of methoxy groups -OCH3 is 1. The molecule has 3 atom stereocenters. The molecule has 11 nitrogen and oxygen atoms in total. The number of carbonyl (C=O) groups excluding carboxylic acids is 4. The molecule has 3 heterocycles. The Labute approximate surface area is 312 Å². The van der Waals surface area contributed by atoms with Crippen LogP contribution in [0.4, 0.5) is 0 Å². The number of H-pyrrole nitrogens is 1. The smallest absolute Gasteiger partial charge is 0.254 e. The summed E-state index contributed by atoms with van der Waals surface area (Å²) in [4.78, 5) is 59.5. The largest absolute Gasteiger partial charge is 0.493 e. The van der Waals surface area contributed by atoms with Crippen molar-refractivity contribution in [3.63, 3.8) is 0 Å². The molecule has 1 aromatic heterocycles. The minimum atomic E-state index is -0.568. The molecule has 0 bridgehead atoms. The Bertz CT molecular complexity index is 1890. The second-order valence-electron chi connectivity index (χ2n) is 14.2. The van der Waals surface area contributed by atoms with E-state index < -0.39 is 5.92 Å². The average Bonchev–Trinajstić information content (AvgIpc) is 3.79. The van der Waals surface area contributed by atoms with Gasteiger partial charge in [0.05, 0.1) is 32.1 Å². The molecule has 11 heteroatoms. The summed E-state index contributed by atoms with van der Waals surface area (Å²) in [6.45, 7) is 9.35. The Kier molecular flexibility index (Phi) is 13.2. The van der Waals surface area contributed by atoms with Crippen molar-refractivity contribution in [2.24, 2.45) is 17.8 Å². The number of aryl methyl sites for hydroxylation is 2. The lowest BCUT2D eigenvalue weighted by atomic mass is 9.79. The SMILES string of the molecule is CCCc1ccccc1.CNC(=O)CNC(=O)C1CN(C(=O)Cc2c[nH]c3c(C)cccc23)CC2CN(C(=O)c3ccc(OC(C)C)c(OC)c3)CC21.